The molecule has 0 radical (unpaired) electrons. The Morgan fingerprint density at radius 1 is 1.05 bits per heavy atom. The number of Topliss-reactive ketones (excluding diaryl/α,β-unsaturated/α-hetero) is 1. The van der Waals surface area contributed by atoms with Crippen LogP contribution in [-0.2, 0) is 16.1 Å². The number of hydrazine groups is 1. The lowest BCUT2D eigenvalue weighted by Crippen LogP contribution is -2.61. The fourth-order valence-electron chi connectivity index (χ4n) is 4.05. The predicted octanol–water partition coefficient (Wildman–Crippen LogP) is 3.33. The molecule has 0 saturated carbocycles. The maximum atomic E-state index is 13.9. The Labute approximate surface area is 220 Å². The highest BCUT2D eigenvalue weighted by Crippen LogP contribution is 2.30. The van der Waals surface area contributed by atoms with Gasteiger partial charge in [0.15, 0.2) is 0 Å². The summed E-state index contributed by atoms with van der Waals surface area (Å²) in [7, 11) is 1.57. The first-order valence-electron chi connectivity index (χ1n) is 12.0. The van der Waals surface area contributed by atoms with E-state index < -0.39 is 17.3 Å². The zero-order valence-corrected chi connectivity index (χ0v) is 21.4. The van der Waals surface area contributed by atoms with Gasteiger partial charge in [-0.2, -0.15) is 10.1 Å². The van der Waals surface area contributed by atoms with Crippen LogP contribution in [-0.4, -0.2) is 48.1 Å². The number of amides is 1. The van der Waals surface area contributed by atoms with Gasteiger partial charge in [0, 0.05) is 29.0 Å². The van der Waals surface area contributed by atoms with Gasteiger partial charge in [-0.05, 0) is 61.9 Å². The number of methoxy groups -OCH3 is 1. The largest absolute Gasteiger partial charge is 0.497 e. The third kappa shape index (κ3) is 5.21. The number of hydrazone groups is 1. The second kappa shape index (κ2) is 11.1. The first-order valence-corrected chi connectivity index (χ1v) is 12.0. The SMILES string of the molecule is CCOC(=O)C1(C(=O)c2ccc(NC(=O)c3ccc(C)cc3)cc2N)C=NNN1Cc1ccc(OC)cc1. The third-order valence-electron chi connectivity index (χ3n) is 6.16. The van der Waals surface area contributed by atoms with Crippen molar-refractivity contribution in [3.8, 4) is 5.75 Å². The van der Waals surface area contributed by atoms with Gasteiger partial charge in [-0.1, -0.05) is 29.8 Å². The molecule has 38 heavy (non-hydrogen) atoms. The topological polar surface area (TPSA) is 135 Å². The molecule has 196 valence electrons. The maximum absolute atomic E-state index is 13.9. The second-order valence-electron chi connectivity index (χ2n) is 8.73. The predicted molar refractivity (Wildman–Crippen MR) is 144 cm³/mol. The van der Waals surface area contributed by atoms with Crippen molar-refractivity contribution >= 4 is 35.2 Å². The number of ether oxygens (including phenoxy) is 2. The highest BCUT2D eigenvalue weighted by molar-refractivity contribution is 6.29. The molecule has 4 N–H and O–H groups in total. The van der Waals surface area contributed by atoms with E-state index in [2.05, 4.69) is 16.0 Å². The number of carbonyl (C=O) groups excluding carboxylic acids is 3. The number of nitrogens with zero attached hydrogens (tertiary/aromatic N) is 2. The summed E-state index contributed by atoms with van der Waals surface area (Å²) in [5.74, 6) is -1.05. The standard InChI is InChI=1S/C28H29N5O5/c1-4-38-27(36)28(17-30-32-33(28)16-19-7-12-22(37-3)13-8-19)25(34)23-14-11-21(15-24(23)29)31-26(35)20-9-5-18(2)6-10-20/h5-15,17,32H,4,16,29H2,1-3H3,(H,31,35). The zero-order chi connectivity index (χ0) is 27.3. The van der Waals surface area contributed by atoms with Crippen molar-refractivity contribution in [1.82, 2.24) is 10.5 Å². The van der Waals surface area contributed by atoms with Gasteiger partial charge in [-0.3, -0.25) is 9.59 Å². The Hall–Kier alpha value is -4.70. The maximum Gasteiger partial charge on any atom is 0.342 e. The van der Waals surface area contributed by atoms with Crippen molar-refractivity contribution in [2.75, 3.05) is 24.8 Å². The minimum atomic E-state index is -1.89. The van der Waals surface area contributed by atoms with E-state index in [-0.39, 0.29) is 30.3 Å². The fourth-order valence-corrected chi connectivity index (χ4v) is 4.05. The van der Waals surface area contributed by atoms with Gasteiger partial charge in [0.25, 0.3) is 5.91 Å². The summed E-state index contributed by atoms with van der Waals surface area (Å²) in [5, 5.41) is 8.21. The Balaban J connectivity index is 1.61. The summed E-state index contributed by atoms with van der Waals surface area (Å²) >= 11 is 0. The fraction of sp³-hybridized carbons (Fsp3) is 0.214. The van der Waals surface area contributed by atoms with Crippen molar-refractivity contribution in [3.63, 3.8) is 0 Å². The number of esters is 1. The molecule has 1 amide bonds. The van der Waals surface area contributed by atoms with E-state index in [0.29, 0.717) is 17.0 Å². The van der Waals surface area contributed by atoms with E-state index in [1.807, 2.05) is 31.2 Å². The number of nitrogens with two attached hydrogens (primary N) is 1. The Morgan fingerprint density at radius 2 is 1.76 bits per heavy atom. The normalized spacial score (nSPS) is 16.5. The molecule has 4 rings (SSSR count). The Bertz CT molecular complexity index is 1370. The summed E-state index contributed by atoms with van der Waals surface area (Å²) in [6.45, 7) is 3.81. The zero-order valence-electron chi connectivity index (χ0n) is 21.4. The van der Waals surface area contributed by atoms with Gasteiger partial charge >= 0.3 is 5.97 Å². The lowest BCUT2D eigenvalue weighted by molar-refractivity contribution is -0.151. The lowest BCUT2D eigenvalue weighted by atomic mass is 9.88. The van der Waals surface area contributed by atoms with Gasteiger partial charge in [-0.25, -0.2) is 10.3 Å². The summed E-state index contributed by atoms with van der Waals surface area (Å²) in [6.07, 6.45) is 1.23. The van der Waals surface area contributed by atoms with Crippen LogP contribution in [0, 0.1) is 6.92 Å². The molecule has 0 aromatic heterocycles. The number of aryl methyl sites for hydroxylation is 1. The van der Waals surface area contributed by atoms with Crippen LogP contribution in [0.5, 0.6) is 5.75 Å². The molecule has 10 heteroatoms. The van der Waals surface area contributed by atoms with Gasteiger partial charge in [0.1, 0.15) is 5.75 Å². The molecule has 1 aliphatic heterocycles. The van der Waals surface area contributed by atoms with E-state index in [0.717, 1.165) is 11.1 Å². The molecular formula is C28H29N5O5. The molecule has 10 nitrogen and oxygen atoms in total. The molecule has 1 aliphatic rings. The number of hydrogen-bond donors (Lipinski definition) is 3. The monoisotopic (exact) mass is 515 g/mol. The third-order valence-corrected chi connectivity index (χ3v) is 6.16. The summed E-state index contributed by atoms with van der Waals surface area (Å²) in [5.41, 5.74) is 10.0. The number of benzene rings is 3. The van der Waals surface area contributed by atoms with Crippen LogP contribution in [0.1, 0.15) is 38.8 Å². The molecule has 1 atom stereocenters. The summed E-state index contributed by atoms with van der Waals surface area (Å²) in [6, 6.07) is 18.8. The number of rotatable bonds is 9. The Kier molecular flexibility index (Phi) is 7.73. The van der Waals surface area contributed by atoms with Crippen LogP contribution in [0.3, 0.4) is 0 Å². The highest BCUT2D eigenvalue weighted by Gasteiger charge is 2.55. The van der Waals surface area contributed by atoms with Crippen molar-refractivity contribution < 1.29 is 23.9 Å². The first kappa shape index (κ1) is 26.4. The highest BCUT2D eigenvalue weighted by atomic mass is 16.5. The lowest BCUT2D eigenvalue weighted by Gasteiger charge is -2.32. The van der Waals surface area contributed by atoms with Gasteiger partial charge in [0.2, 0.25) is 11.3 Å². The number of ketones is 1. The van der Waals surface area contributed by atoms with Gasteiger partial charge in [-0.15, -0.1) is 0 Å². The van der Waals surface area contributed by atoms with Crippen molar-refractivity contribution in [3.05, 3.63) is 89.0 Å². The molecule has 0 bridgehead atoms. The van der Waals surface area contributed by atoms with Crippen LogP contribution in [0.2, 0.25) is 0 Å². The first-order chi connectivity index (χ1) is 18.3. The van der Waals surface area contributed by atoms with Gasteiger partial charge in [0.05, 0.1) is 19.9 Å². The van der Waals surface area contributed by atoms with E-state index in [1.165, 1.54) is 23.4 Å². The molecule has 0 aliphatic carbocycles. The van der Waals surface area contributed by atoms with Gasteiger partial charge < -0.3 is 20.5 Å². The molecule has 1 unspecified atom stereocenters. The van der Waals surface area contributed by atoms with E-state index in [9.17, 15) is 14.4 Å². The van der Waals surface area contributed by atoms with Crippen molar-refractivity contribution in [2.24, 2.45) is 5.10 Å². The van der Waals surface area contributed by atoms with E-state index in [1.54, 1.807) is 44.4 Å². The van der Waals surface area contributed by atoms with Crippen molar-refractivity contribution in [2.45, 2.75) is 25.9 Å². The Morgan fingerprint density at radius 3 is 2.39 bits per heavy atom. The quantitative estimate of drug-likeness (QED) is 0.171. The number of anilines is 2. The molecule has 0 fully saturated rings. The molecule has 3 aromatic carbocycles. The number of nitrogens with one attached hydrogen (secondary N) is 2. The molecule has 1 heterocycles. The van der Waals surface area contributed by atoms with E-state index >= 15 is 0 Å². The number of carbonyl (C=O) groups is 3. The average molecular weight is 516 g/mol. The molecular weight excluding hydrogens is 486 g/mol. The second-order valence-corrected chi connectivity index (χ2v) is 8.73. The number of nitrogen functional groups attached to an aromatic ring is 1. The van der Waals surface area contributed by atoms with Crippen LogP contribution in [0.15, 0.2) is 71.8 Å². The van der Waals surface area contributed by atoms with Crippen LogP contribution < -0.4 is 21.3 Å². The molecule has 0 spiro atoms. The smallest absolute Gasteiger partial charge is 0.342 e. The van der Waals surface area contributed by atoms with Crippen LogP contribution >= 0.6 is 0 Å². The van der Waals surface area contributed by atoms with Crippen LogP contribution in [0.25, 0.3) is 0 Å². The number of hydrogen-bond acceptors (Lipinski definition) is 9. The average Bonchev–Trinajstić information content (AvgIpc) is 3.33. The minimum absolute atomic E-state index is 0.0670. The van der Waals surface area contributed by atoms with E-state index in [4.69, 9.17) is 15.2 Å². The molecule has 3 aromatic rings. The minimum Gasteiger partial charge on any atom is -0.497 e. The van der Waals surface area contributed by atoms with Crippen molar-refractivity contribution in [1.29, 1.82) is 0 Å². The summed E-state index contributed by atoms with van der Waals surface area (Å²) in [4.78, 5) is 39.8. The van der Waals surface area contributed by atoms with Crippen LogP contribution in [0.4, 0.5) is 11.4 Å². The summed E-state index contributed by atoms with van der Waals surface area (Å²) < 4.78 is 10.5. The molecule has 0 saturated heterocycles.